The van der Waals surface area contributed by atoms with E-state index in [4.69, 9.17) is 4.99 Å². The van der Waals surface area contributed by atoms with E-state index in [1.54, 1.807) is 11.3 Å². The molecule has 150 valence electrons. The van der Waals surface area contributed by atoms with Gasteiger partial charge in [-0.05, 0) is 26.3 Å². The van der Waals surface area contributed by atoms with Crippen molar-refractivity contribution in [1.82, 2.24) is 25.2 Å². The maximum atomic E-state index is 4.74. The first kappa shape index (κ1) is 22.4. The van der Waals surface area contributed by atoms with Crippen LogP contribution in [0.3, 0.4) is 0 Å². The fraction of sp³-hybridized carbons (Fsp3) is 0.350. The fourth-order valence-corrected chi connectivity index (χ4v) is 3.58. The van der Waals surface area contributed by atoms with Crippen molar-refractivity contribution in [3.63, 3.8) is 0 Å². The van der Waals surface area contributed by atoms with Gasteiger partial charge in [0.2, 0.25) is 0 Å². The second-order valence-electron chi connectivity index (χ2n) is 6.39. The third-order valence-electron chi connectivity index (χ3n) is 4.23. The number of imidazole rings is 1. The molecule has 0 saturated carbocycles. The predicted octanol–water partition coefficient (Wildman–Crippen LogP) is 4.37. The van der Waals surface area contributed by atoms with Crippen LogP contribution in [-0.4, -0.2) is 39.4 Å². The van der Waals surface area contributed by atoms with Crippen LogP contribution in [0.1, 0.15) is 28.3 Å². The first-order valence-electron chi connectivity index (χ1n) is 9.08. The molecule has 0 atom stereocenters. The number of benzene rings is 1. The van der Waals surface area contributed by atoms with Crippen molar-refractivity contribution in [1.29, 1.82) is 0 Å². The molecule has 0 radical (unpaired) electrons. The molecule has 0 aliphatic carbocycles. The molecule has 0 aliphatic rings. The number of halogens is 1. The highest BCUT2D eigenvalue weighted by Gasteiger charge is 2.11. The molecule has 0 bridgehead atoms. The molecule has 1 aromatic carbocycles. The van der Waals surface area contributed by atoms with Crippen molar-refractivity contribution in [2.45, 2.75) is 33.9 Å². The average Bonchev–Trinajstić information content (AvgIpc) is 3.26. The number of guanidine groups is 1. The summed E-state index contributed by atoms with van der Waals surface area (Å²) in [5.74, 6) is 1.75. The third-order valence-corrected chi connectivity index (χ3v) is 5.29. The van der Waals surface area contributed by atoms with Crippen molar-refractivity contribution in [3.05, 3.63) is 57.9 Å². The lowest BCUT2D eigenvalue weighted by Gasteiger charge is -2.20. The maximum absolute atomic E-state index is 4.74. The molecule has 0 unspecified atom stereocenters. The van der Waals surface area contributed by atoms with Crippen LogP contribution in [0.15, 0.2) is 41.5 Å². The number of nitrogens with zero attached hydrogens (tertiary/aromatic N) is 4. The van der Waals surface area contributed by atoms with Gasteiger partial charge in [-0.25, -0.2) is 15.0 Å². The van der Waals surface area contributed by atoms with Gasteiger partial charge in [0, 0.05) is 18.5 Å². The molecular weight excluding hydrogens is 483 g/mol. The lowest BCUT2D eigenvalue weighted by Crippen LogP contribution is -2.38. The molecule has 2 heterocycles. The summed E-state index contributed by atoms with van der Waals surface area (Å²) in [6.07, 6.45) is 1.88. The molecule has 0 amide bonds. The molecule has 8 heteroatoms. The van der Waals surface area contributed by atoms with Crippen LogP contribution in [0.2, 0.25) is 0 Å². The van der Waals surface area contributed by atoms with E-state index >= 15 is 0 Å². The lowest BCUT2D eigenvalue weighted by atomic mass is 10.2. The Morgan fingerprint density at radius 1 is 1.25 bits per heavy atom. The van der Waals surface area contributed by atoms with Crippen LogP contribution >= 0.6 is 35.3 Å². The molecule has 2 aromatic heterocycles. The van der Waals surface area contributed by atoms with Gasteiger partial charge in [0.05, 0.1) is 30.7 Å². The van der Waals surface area contributed by atoms with Crippen molar-refractivity contribution in [3.8, 4) is 11.3 Å². The van der Waals surface area contributed by atoms with E-state index in [-0.39, 0.29) is 24.0 Å². The van der Waals surface area contributed by atoms with Crippen LogP contribution in [0, 0.1) is 13.8 Å². The Hall–Kier alpha value is -1.94. The number of H-pyrrole nitrogens is 1. The topological polar surface area (TPSA) is 69.2 Å². The van der Waals surface area contributed by atoms with Gasteiger partial charge < -0.3 is 15.2 Å². The molecular formula is C20H27IN6S. The van der Waals surface area contributed by atoms with E-state index in [0.717, 1.165) is 40.3 Å². The molecule has 6 nitrogen and oxygen atoms in total. The van der Waals surface area contributed by atoms with Crippen LogP contribution in [0.5, 0.6) is 0 Å². The predicted molar refractivity (Wildman–Crippen MR) is 127 cm³/mol. The zero-order valence-electron chi connectivity index (χ0n) is 16.7. The Bertz CT molecular complexity index is 883. The number of hydrogen-bond donors (Lipinski definition) is 2. The first-order chi connectivity index (χ1) is 13.1. The molecule has 0 fully saturated rings. The fourth-order valence-electron chi connectivity index (χ4n) is 2.73. The number of aliphatic imine (C=N–C) groups is 1. The minimum Gasteiger partial charge on any atom is -0.357 e. The highest BCUT2D eigenvalue weighted by Crippen LogP contribution is 2.18. The standard InChI is InChI=1S/C20H26N6S.HI/c1-5-21-20(23-12-19-24-14(2)15(3)27-19)26(4)13-18-22-11-17(25-18)16-9-7-6-8-10-16;/h6-11H,5,12-13H2,1-4H3,(H,21,23)(H,22,25);1H. The SMILES string of the molecule is CCNC(=NCc1nc(C)c(C)s1)N(C)Cc1ncc(-c2ccccc2)[nH]1.I. The van der Waals surface area contributed by atoms with Crippen molar-refractivity contribution < 1.29 is 0 Å². The summed E-state index contributed by atoms with van der Waals surface area (Å²) in [5.41, 5.74) is 3.25. The molecule has 0 spiro atoms. The molecule has 0 aliphatic heterocycles. The summed E-state index contributed by atoms with van der Waals surface area (Å²) < 4.78 is 0. The van der Waals surface area contributed by atoms with Crippen LogP contribution in [0.4, 0.5) is 0 Å². The number of nitrogens with one attached hydrogen (secondary N) is 2. The van der Waals surface area contributed by atoms with Crippen molar-refractivity contribution in [2.75, 3.05) is 13.6 Å². The summed E-state index contributed by atoms with van der Waals surface area (Å²) in [6.45, 7) is 8.25. The van der Waals surface area contributed by atoms with Crippen LogP contribution in [0.25, 0.3) is 11.3 Å². The molecule has 3 rings (SSSR count). The number of rotatable bonds is 6. The highest BCUT2D eigenvalue weighted by molar-refractivity contribution is 14.0. The molecule has 3 aromatic rings. The first-order valence-corrected chi connectivity index (χ1v) is 9.90. The van der Waals surface area contributed by atoms with E-state index < -0.39 is 0 Å². The number of hydrogen-bond acceptors (Lipinski definition) is 4. The van der Waals surface area contributed by atoms with Gasteiger partial charge >= 0.3 is 0 Å². The van der Waals surface area contributed by atoms with Gasteiger partial charge in [0.25, 0.3) is 0 Å². The van der Waals surface area contributed by atoms with E-state index in [2.05, 4.69) is 51.1 Å². The zero-order chi connectivity index (χ0) is 19.2. The number of thiazole rings is 1. The van der Waals surface area contributed by atoms with Gasteiger partial charge in [-0.3, -0.25) is 0 Å². The third kappa shape index (κ3) is 5.78. The molecule has 0 saturated heterocycles. The Kier molecular flexibility index (Phi) is 8.43. The molecule has 2 N–H and O–H groups in total. The summed E-state index contributed by atoms with van der Waals surface area (Å²) in [5, 5.41) is 4.38. The second-order valence-corrected chi connectivity index (χ2v) is 7.67. The van der Waals surface area contributed by atoms with Gasteiger partial charge in [0.1, 0.15) is 10.8 Å². The van der Waals surface area contributed by atoms with Crippen LogP contribution < -0.4 is 5.32 Å². The van der Waals surface area contributed by atoms with Crippen molar-refractivity contribution >= 4 is 41.3 Å². The van der Waals surface area contributed by atoms with E-state index in [9.17, 15) is 0 Å². The summed E-state index contributed by atoms with van der Waals surface area (Å²) >= 11 is 1.71. The van der Waals surface area contributed by atoms with E-state index in [0.29, 0.717) is 13.1 Å². The Labute approximate surface area is 187 Å². The zero-order valence-corrected chi connectivity index (χ0v) is 19.8. The van der Waals surface area contributed by atoms with Gasteiger partial charge in [-0.15, -0.1) is 35.3 Å². The van der Waals surface area contributed by atoms with E-state index in [1.165, 1.54) is 4.88 Å². The average molecular weight is 510 g/mol. The van der Waals surface area contributed by atoms with Gasteiger partial charge in [0.15, 0.2) is 5.96 Å². The maximum Gasteiger partial charge on any atom is 0.194 e. The number of aromatic amines is 1. The quantitative estimate of drug-likeness (QED) is 0.294. The monoisotopic (exact) mass is 510 g/mol. The highest BCUT2D eigenvalue weighted by atomic mass is 127. The summed E-state index contributed by atoms with van der Waals surface area (Å²) in [6, 6.07) is 10.2. The minimum absolute atomic E-state index is 0. The van der Waals surface area contributed by atoms with Crippen LogP contribution in [-0.2, 0) is 13.1 Å². The summed E-state index contributed by atoms with van der Waals surface area (Å²) in [7, 11) is 2.02. The lowest BCUT2D eigenvalue weighted by molar-refractivity contribution is 0.464. The Morgan fingerprint density at radius 2 is 2.00 bits per heavy atom. The van der Waals surface area contributed by atoms with Crippen molar-refractivity contribution in [2.24, 2.45) is 4.99 Å². The minimum atomic E-state index is 0. The second kappa shape index (κ2) is 10.6. The van der Waals surface area contributed by atoms with Gasteiger partial charge in [-0.1, -0.05) is 30.3 Å². The molecule has 28 heavy (non-hydrogen) atoms. The van der Waals surface area contributed by atoms with Gasteiger partial charge in [-0.2, -0.15) is 0 Å². The Morgan fingerprint density at radius 3 is 2.64 bits per heavy atom. The number of aromatic nitrogens is 3. The number of aryl methyl sites for hydroxylation is 2. The smallest absolute Gasteiger partial charge is 0.194 e. The largest absolute Gasteiger partial charge is 0.357 e. The Balaban J connectivity index is 0.00000280. The normalized spacial score (nSPS) is 11.2. The summed E-state index contributed by atoms with van der Waals surface area (Å²) in [4.78, 5) is 20.5. The van der Waals surface area contributed by atoms with E-state index in [1.807, 2.05) is 38.4 Å².